The van der Waals surface area contributed by atoms with Gasteiger partial charge in [-0.05, 0) is 24.5 Å². The van der Waals surface area contributed by atoms with E-state index in [0.29, 0.717) is 16.9 Å². The fourth-order valence-corrected chi connectivity index (χ4v) is 3.03. The van der Waals surface area contributed by atoms with Crippen LogP contribution >= 0.6 is 0 Å². The van der Waals surface area contributed by atoms with Crippen LogP contribution in [0.1, 0.15) is 28.5 Å². The molecular weight excluding hydrogens is 308 g/mol. The second kappa shape index (κ2) is 5.92. The number of fused-ring (bicyclic) bond motifs is 2. The second-order valence-electron chi connectivity index (χ2n) is 5.57. The van der Waals surface area contributed by atoms with E-state index in [9.17, 15) is 4.79 Å². The number of carbonyl (C=O) groups is 1. The van der Waals surface area contributed by atoms with Crippen LogP contribution in [-0.2, 0) is 17.7 Å². The molecule has 0 atom stereocenters. The minimum Gasteiger partial charge on any atom is -0.461 e. The standard InChI is InChI=1S/C17H16N4O3/c1-2-23-17(22)14-13-15(18-10-19-16(13)24-20-14)21-8-7-11-5-3-4-6-12(11)9-21/h3-6,10H,2,7-9H2,1H3. The Hall–Kier alpha value is -2.96. The number of nitrogens with zero attached hydrogens (tertiary/aromatic N) is 4. The number of hydrogen-bond donors (Lipinski definition) is 0. The summed E-state index contributed by atoms with van der Waals surface area (Å²) in [4.78, 5) is 22.7. The van der Waals surface area contributed by atoms with Crippen molar-refractivity contribution in [1.82, 2.24) is 15.1 Å². The Morgan fingerprint density at radius 1 is 1.29 bits per heavy atom. The Balaban J connectivity index is 1.77. The summed E-state index contributed by atoms with van der Waals surface area (Å²) in [6.07, 6.45) is 2.35. The molecule has 0 fully saturated rings. The molecule has 3 aromatic rings. The van der Waals surface area contributed by atoms with Gasteiger partial charge >= 0.3 is 5.97 Å². The van der Waals surface area contributed by atoms with Gasteiger partial charge in [-0.1, -0.05) is 29.4 Å². The summed E-state index contributed by atoms with van der Waals surface area (Å²) >= 11 is 0. The van der Waals surface area contributed by atoms with E-state index in [1.54, 1.807) is 6.92 Å². The lowest BCUT2D eigenvalue weighted by atomic mass is 10.00. The molecule has 0 bridgehead atoms. The van der Waals surface area contributed by atoms with Crippen molar-refractivity contribution in [3.8, 4) is 0 Å². The molecule has 0 aliphatic carbocycles. The number of aromatic nitrogens is 3. The van der Waals surface area contributed by atoms with Gasteiger partial charge in [-0.15, -0.1) is 0 Å². The van der Waals surface area contributed by atoms with Crippen LogP contribution in [0, 0.1) is 0 Å². The average molecular weight is 324 g/mol. The molecule has 0 amide bonds. The third kappa shape index (κ3) is 2.38. The van der Waals surface area contributed by atoms with Crippen molar-refractivity contribution in [1.29, 1.82) is 0 Å². The Morgan fingerprint density at radius 2 is 2.12 bits per heavy atom. The van der Waals surface area contributed by atoms with Gasteiger partial charge in [-0.2, -0.15) is 4.98 Å². The number of carbonyl (C=O) groups excluding carboxylic acids is 1. The molecule has 4 rings (SSSR count). The first kappa shape index (κ1) is 14.6. The Kier molecular flexibility index (Phi) is 3.60. The third-order valence-electron chi connectivity index (χ3n) is 4.15. The van der Waals surface area contributed by atoms with Crippen LogP contribution in [0.15, 0.2) is 35.1 Å². The van der Waals surface area contributed by atoms with Crippen LogP contribution in [0.4, 0.5) is 5.82 Å². The van der Waals surface area contributed by atoms with Crippen molar-refractivity contribution in [2.24, 2.45) is 0 Å². The molecule has 7 heteroatoms. The first-order chi connectivity index (χ1) is 11.8. The van der Waals surface area contributed by atoms with Gasteiger partial charge < -0.3 is 14.2 Å². The molecule has 122 valence electrons. The predicted molar refractivity (Wildman–Crippen MR) is 86.8 cm³/mol. The Morgan fingerprint density at radius 3 is 2.96 bits per heavy atom. The predicted octanol–water partition coefficient (Wildman–Crippen LogP) is 2.36. The van der Waals surface area contributed by atoms with Gasteiger partial charge in [0.2, 0.25) is 5.69 Å². The minimum absolute atomic E-state index is 0.126. The van der Waals surface area contributed by atoms with E-state index in [1.165, 1.54) is 17.5 Å². The highest BCUT2D eigenvalue weighted by atomic mass is 16.5. The van der Waals surface area contributed by atoms with Crippen molar-refractivity contribution < 1.29 is 14.1 Å². The zero-order chi connectivity index (χ0) is 16.5. The zero-order valence-corrected chi connectivity index (χ0v) is 13.2. The SMILES string of the molecule is CCOC(=O)c1noc2ncnc(N3CCc4ccccc4C3)c12. The average Bonchev–Trinajstić information content (AvgIpc) is 3.06. The van der Waals surface area contributed by atoms with Crippen LogP contribution in [0.2, 0.25) is 0 Å². The normalized spacial score (nSPS) is 13.8. The van der Waals surface area contributed by atoms with Crippen LogP contribution in [0.3, 0.4) is 0 Å². The molecular formula is C17H16N4O3. The molecule has 0 saturated carbocycles. The summed E-state index contributed by atoms with van der Waals surface area (Å²) in [5, 5.41) is 4.34. The number of rotatable bonds is 3. The monoisotopic (exact) mass is 324 g/mol. The number of hydrogen-bond acceptors (Lipinski definition) is 7. The van der Waals surface area contributed by atoms with Crippen molar-refractivity contribution in [3.63, 3.8) is 0 Å². The topological polar surface area (TPSA) is 81.3 Å². The fourth-order valence-electron chi connectivity index (χ4n) is 3.03. The highest BCUT2D eigenvalue weighted by molar-refractivity contribution is 6.04. The summed E-state index contributed by atoms with van der Waals surface area (Å²) in [7, 11) is 0. The summed E-state index contributed by atoms with van der Waals surface area (Å²) < 4.78 is 10.2. The van der Waals surface area contributed by atoms with Crippen molar-refractivity contribution in [2.45, 2.75) is 19.9 Å². The molecule has 3 heterocycles. The van der Waals surface area contributed by atoms with E-state index in [0.717, 1.165) is 19.5 Å². The molecule has 0 N–H and O–H groups in total. The van der Waals surface area contributed by atoms with Gasteiger partial charge in [-0.3, -0.25) is 0 Å². The van der Waals surface area contributed by atoms with E-state index in [1.807, 2.05) is 6.07 Å². The van der Waals surface area contributed by atoms with Crippen molar-refractivity contribution >= 4 is 22.9 Å². The van der Waals surface area contributed by atoms with E-state index >= 15 is 0 Å². The van der Waals surface area contributed by atoms with Crippen LogP contribution in [0.25, 0.3) is 11.1 Å². The van der Waals surface area contributed by atoms with Gasteiger partial charge in [0.05, 0.1) is 6.61 Å². The lowest BCUT2D eigenvalue weighted by molar-refractivity contribution is 0.0517. The largest absolute Gasteiger partial charge is 0.461 e. The van der Waals surface area contributed by atoms with Gasteiger partial charge in [0.1, 0.15) is 17.5 Å². The smallest absolute Gasteiger partial charge is 0.361 e. The number of anilines is 1. The molecule has 2 aromatic heterocycles. The molecule has 1 aliphatic heterocycles. The lowest BCUT2D eigenvalue weighted by Crippen LogP contribution is -2.31. The molecule has 0 unspecified atom stereocenters. The molecule has 1 aliphatic rings. The Labute approximate surface area is 138 Å². The highest BCUT2D eigenvalue weighted by Crippen LogP contribution is 2.30. The quantitative estimate of drug-likeness (QED) is 0.684. The molecule has 24 heavy (non-hydrogen) atoms. The van der Waals surface area contributed by atoms with Crippen LogP contribution in [-0.4, -0.2) is 34.2 Å². The van der Waals surface area contributed by atoms with Gasteiger partial charge in [0.25, 0.3) is 5.71 Å². The maximum atomic E-state index is 12.1. The third-order valence-corrected chi connectivity index (χ3v) is 4.15. The molecule has 1 aromatic carbocycles. The van der Waals surface area contributed by atoms with Gasteiger partial charge in [-0.25, -0.2) is 9.78 Å². The number of benzene rings is 1. The van der Waals surface area contributed by atoms with Crippen molar-refractivity contribution in [2.75, 3.05) is 18.1 Å². The fraction of sp³-hybridized carbons (Fsp3) is 0.294. The number of esters is 1. The van der Waals surface area contributed by atoms with Crippen molar-refractivity contribution in [3.05, 3.63) is 47.4 Å². The molecule has 7 nitrogen and oxygen atoms in total. The minimum atomic E-state index is -0.523. The van der Waals surface area contributed by atoms with E-state index < -0.39 is 5.97 Å². The molecule has 0 spiro atoms. The maximum Gasteiger partial charge on any atom is 0.361 e. The number of ether oxygens (including phenoxy) is 1. The lowest BCUT2D eigenvalue weighted by Gasteiger charge is -2.29. The summed E-state index contributed by atoms with van der Waals surface area (Å²) in [6, 6.07) is 8.34. The van der Waals surface area contributed by atoms with Crippen LogP contribution < -0.4 is 4.90 Å². The zero-order valence-electron chi connectivity index (χ0n) is 13.2. The van der Waals surface area contributed by atoms with E-state index in [-0.39, 0.29) is 12.3 Å². The van der Waals surface area contributed by atoms with E-state index in [2.05, 4.69) is 38.2 Å². The highest BCUT2D eigenvalue weighted by Gasteiger charge is 2.26. The maximum absolute atomic E-state index is 12.1. The Bertz CT molecular complexity index is 906. The molecule has 0 radical (unpaired) electrons. The molecule has 0 saturated heterocycles. The summed E-state index contributed by atoms with van der Waals surface area (Å²) in [5.74, 6) is 0.128. The van der Waals surface area contributed by atoms with Gasteiger partial charge in [0.15, 0.2) is 0 Å². The van der Waals surface area contributed by atoms with E-state index in [4.69, 9.17) is 9.26 Å². The summed E-state index contributed by atoms with van der Waals surface area (Å²) in [6.45, 7) is 3.54. The second-order valence-corrected chi connectivity index (χ2v) is 5.57. The van der Waals surface area contributed by atoms with Crippen LogP contribution in [0.5, 0.6) is 0 Å². The first-order valence-corrected chi connectivity index (χ1v) is 7.87. The first-order valence-electron chi connectivity index (χ1n) is 7.87. The van der Waals surface area contributed by atoms with Gasteiger partial charge in [0, 0.05) is 13.1 Å². The summed E-state index contributed by atoms with van der Waals surface area (Å²) in [5.41, 5.74) is 3.02.